The van der Waals surface area contributed by atoms with E-state index in [0.29, 0.717) is 12.3 Å². The van der Waals surface area contributed by atoms with E-state index in [9.17, 15) is 4.79 Å². The summed E-state index contributed by atoms with van der Waals surface area (Å²) in [5.74, 6) is 3.04. The zero-order valence-electron chi connectivity index (χ0n) is 9.19. The third-order valence-corrected chi connectivity index (χ3v) is 4.52. The molecule has 0 saturated heterocycles. The van der Waals surface area contributed by atoms with Crippen LogP contribution in [0.3, 0.4) is 0 Å². The maximum Gasteiger partial charge on any atom is 0.305 e. The molecule has 2 saturated carbocycles. The van der Waals surface area contributed by atoms with E-state index >= 15 is 0 Å². The molecule has 0 aromatic heterocycles. The first-order chi connectivity index (χ1) is 7.29. The molecule has 0 amide bonds. The lowest BCUT2D eigenvalue weighted by molar-refractivity contribution is -0.152. The Morgan fingerprint density at radius 3 is 3.07 bits per heavy atom. The third-order valence-electron chi connectivity index (χ3n) is 4.52. The minimum Gasteiger partial charge on any atom is -0.462 e. The molecular formula is C13H18O2. The molecule has 0 aromatic rings. The van der Waals surface area contributed by atoms with Crippen LogP contribution < -0.4 is 0 Å². The van der Waals surface area contributed by atoms with Gasteiger partial charge in [0.15, 0.2) is 0 Å². The summed E-state index contributed by atoms with van der Waals surface area (Å²) in [6, 6.07) is 0. The molecule has 82 valence electrons. The summed E-state index contributed by atoms with van der Waals surface area (Å²) in [5.41, 5.74) is 0. The molecule has 5 atom stereocenters. The Morgan fingerprint density at radius 2 is 2.27 bits per heavy atom. The second kappa shape index (κ2) is 3.36. The van der Waals surface area contributed by atoms with Crippen LogP contribution in [0.1, 0.15) is 32.6 Å². The molecule has 0 aliphatic heterocycles. The highest BCUT2D eigenvalue weighted by molar-refractivity contribution is 5.69. The summed E-state index contributed by atoms with van der Waals surface area (Å²) in [7, 11) is 0. The van der Waals surface area contributed by atoms with Crippen molar-refractivity contribution < 1.29 is 9.53 Å². The largest absolute Gasteiger partial charge is 0.462 e. The Morgan fingerprint density at radius 1 is 1.40 bits per heavy atom. The monoisotopic (exact) mass is 206 g/mol. The van der Waals surface area contributed by atoms with Gasteiger partial charge >= 0.3 is 5.97 Å². The van der Waals surface area contributed by atoms with Gasteiger partial charge in [-0.05, 0) is 37.0 Å². The smallest absolute Gasteiger partial charge is 0.305 e. The van der Waals surface area contributed by atoms with E-state index in [0.717, 1.165) is 24.2 Å². The van der Waals surface area contributed by atoms with Gasteiger partial charge in [-0.2, -0.15) is 0 Å². The van der Waals surface area contributed by atoms with Crippen LogP contribution in [0, 0.1) is 23.7 Å². The van der Waals surface area contributed by atoms with E-state index in [4.69, 9.17) is 4.74 Å². The Labute approximate surface area is 90.7 Å². The Bertz CT molecular complexity index is 308. The van der Waals surface area contributed by atoms with E-state index in [1.54, 1.807) is 0 Å². The van der Waals surface area contributed by atoms with Gasteiger partial charge in [0.1, 0.15) is 6.10 Å². The van der Waals surface area contributed by atoms with Gasteiger partial charge in [0, 0.05) is 12.3 Å². The fraction of sp³-hybridized carbons (Fsp3) is 0.769. The minimum absolute atomic E-state index is 0.0222. The molecule has 0 spiro atoms. The van der Waals surface area contributed by atoms with Crippen molar-refractivity contribution in [3.05, 3.63) is 12.2 Å². The zero-order chi connectivity index (χ0) is 10.4. The summed E-state index contributed by atoms with van der Waals surface area (Å²) >= 11 is 0. The average molecular weight is 206 g/mol. The molecular weight excluding hydrogens is 188 g/mol. The molecule has 0 heterocycles. The van der Waals surface area contributed by atoms with Crippen LogP contribution >= 0.6 is 0 Å². The summed E-state index contributed by atoms with van der Waals surface area (Å²) in [6.45, 7) is 1.87. The van der Waals surface area contributed by atoms with Crippen LogP contribution in [0.15, 0.2) is 12.2 Å². The van der Waals surface area contributed by atoms with Gasteiger partial charge in [-0.25, -0.2) is 0 Å². The van der Waals surface area contributed by atoms with Crippen molar-refractivity contribution in [1.82, 2.24) is 0 Å². The van der Waals surface area contributed by atoms with Crippen LogP contribution in [0.2, 0.25) is 0 Å². The highest BCUT2D eigenvalue weighted by atomic mass is 16.5. The fourth-order valence-electron chi connectivity index (χ4n) is 3.87. The van der Waals surface area contributed by atoms with Gasteiger partial charge in [0.2, 0.25) is 0 Å². The number of esters is 1. The topological polar surface area (TPSA) is 26.3 Å². The number of rotatable bonds is 2. The molecule has 15 heavy (non-hydrogen) atoms. The molecule has 0 radical (unpaired) electrons. The lowest BCUT2D eigenvalue weighted by Crippen LogP contribution is -2.31. The first-order valence-electron chi connectivity index (χ1n) is 6.15. The maximum atomic E-state index is 11.3. The van der Waals surface area contributed by atoms with E-state index < -0.39 is 0 Å². The van der Waals surface area contributed by atoms with E-state index in [-0.39, 0.29) is 12.1 Å². The molecule has 0 N–H and O–H groups in total. The van der Waals surface area contributed by atoms with Gasteiger partial charge < -0.3 is 4.74 Å². The van der Waals surface area contributed by atoms with Gasteiger partial charge in [-0.1, -0.05) is 19.1 Å². The number of hydrogen-bond donors (Lipinski definition) is 0. The summed E-state index contributed by atoms with van der Waals surface area (Å²) in [4.78, 5) is 11.3. The summed E-state index contributed by atoms with van der Waals surface area (Å²) in [6.07, 6.45) is 9.10. The predicted molar refractivity (Wildman–Crippen MR) is 57.1 cm³/mol. The van der Waals surface area contributed by atoms with Crippen LogP contribution in [0.4, 0.5) is 0 Å². The zero-order valence-corrected chi connectivity index (χ0v) is 9.19. The van der Waals surface area contributed by atoms with Crippen LogP contribution in [0.25, 0.3) is 0 Å². The molecule has 2 fully saturated rings. The lowest BCUT2D eigenvalue weighted by atomic mass is 9.80. The van der Waals surface area contributed by atoms with E-state index in [1.807, 2.05) is 6.92 Å². The average Bonchev–Trinajstić information content (AvgIpc) is 2.87. The van der Waals surface area contributed by atoms with Gasteiger partial charge in [-0.3, -0.25) is 4.79 Å². The predicted octanol–water partition coefficient (Wildman–Crippen LogP) is 2.54. The van der Waals surface area contributed by atoms with Crippen LogP contribution in [-0.4, -0.2) is 12.1 Å². The Balaban J connectivity index is 1.70. The standard InChI is InChI=1S/C13H18O2/c1-2-13(14)15-12-7-8-6-11(12)10-5-3-4-9(8)10/h3,5,8-12H,2,4,6-7H2,1H3/t8-,9?,10?,11-,12?/m1/s1. The Hall–Kier alpha value is -0.790. The molecule has 2 nitrogen and oxygen atoms in total. The van der Waals surface area contributed by atoms with Crippen molar-refractivity contribution in [3.8, 4) is 0 Å². The number of hydrogen-bond acceptors (Lipinski definition) is 2. The van der Waals surface area contributed by atoms with Crippen molar-refractivity contribution in [2.24, 2.45) is 23.7 Å². The number of ether oxygens (including phenoxy) is 1. The van der Waals surface area contributed by atoms with Crippen molar-refractivity contribution in [2.45, 2.75) is 38.7 Å². The molecule has 2 bridgehead atoms. The maximum absolute atomic E-state index is 11.3. The summed E-state index contributed by atoms with van der Waals surface area (Å²) < 4.78 is 5.53. The SMILES string of the molecule is CCC(=O)OC1C[C@H]2C[C@@H]1C1C=CCC12. The highest BCUT2D eigenvalue weighted by Crippen LogP contribution is 2.57. The van der Waals surface area contributed by atoms with Gasteiger partial charge in [0.25, 0.3) is 0 Å². The number of allylic oxidation sites excluding steroid dienone is 2. The second-order valence-electron chi connectivity index (χ2n) is 5.18. The number of carbonyl (C=O) groups excluding carboxylic acids is 1. The first kappa shape index (κ1) is 9.44. The van der Waals surface area contributed by atoms with Crippen LogP contribution in [0.5, 0.6) is 0 Å². The second-order valence-corrected chi connectivity index (χ2v) is 5.18. The highest BCUT2D eigenvalue weighted by Gasteiger charge is 2.53. The molecule has 0 aromatic carbocycles. The fourth-order valence-corrected chi connectivity index (χ4v) is 3.87. The van der Waals surface area contributed by atoms with Crippen molar-refractivity contribution in [3.63, 3.8) is 0 Å². The third kappa shape index (κ3) is 1.34. The van der Waals surface area contributed by atoms with Gasteiger partial charge in [0.05, 0.1) is 0 Å². The molecule has 3 rings (SSSR count). The van der Waals surface area contributed by atoms with E-state index in [1.165, 1.54) is 12.8 Å². The van der Waals surface area contributed by atoms with Crippen molar-refractivity contribution >= 4 is 5.97 Å². The molecule has 3 aliphatic carbocycles. The molecule has 3 aliphatic rings. The van der Waals surface area contributed by atoms with E-state index in [2.05, 4.69) is 12.2 Å². The van der Waals surface area contributed by atoms with Gasteiger partial charge in [-0.15, -0.1) is 0 Å². The molecule has 2 heteroatoms. The minimum atomic E-state index is -0.0222. The number of carbonyl (C=O) groups is 1. The van der Waals surface area contributed by atoms with Crippen molar-refractivity contribution in [1.29, 1.82) is 0 Å². The first-order valence-corrected chi connectivity index (χ1v) is 6.15. The normalized spacial score (nSPS) is 45.8. The summed E-state index contributed by atoms with van der Waals surface area (Å²) in [5, 5.41) is 0. The van der Waals surface area contributed by atoms with Crippen molar-refractivity contribution in [2.75, 3.05) is 0 Å². The lowest BCUT2D eigenvalue weighted by Gasteiger charge is -2.30. The quantitative estimate of drug-likeness (QED) is 0.512. The molecule has 3 unspecified atom stereocenters. The van der Waals surface area contributed by atoms with Crippen LogP contribution in [-0.2, 0) is 9.53 Å². The Kier molecular flexibility index (Phi) is 2.11. The number of fused-ring (bicyclic) bond motifs is 5.